The molecule has 0 aliphatic rings. The van der Waals surface area contributed by atoms with E-state index >= 15 is 0 Å². The fraction of sp³-hybridized carbons (Fsp3) is 0.100. The number of hydrogen-bond acceptors (Lipinski definition) is 1. The Morgan fingerprint density at radius 3 is 2.36 bits per heavy atom. The van der Waals surface area contributed by atoms with Crippen LogP contribution in [0.25, 0.3) is 42.0 Å². The maximum Gasteiger partial charge on any atom is 0.0498 e. The minimum Gasteiger partial charge on any atom is -0.341 e. The molecule has 0 amide bonds. The Morgan fingerprint density at radius 2 is 1.50 bits per heavy atom. The monoisotopic (exact) mass is 301 g/mol. The van der Waals surface area contributed by atoms with Gasteiger partial charge in [0.2, 0.25) is 0 Å². The molecule has 0 atom stereocenters. The van der Waals surface area contributed by atoms with Gasteiger partial charge in [-0.15, -0.1) is 11.3 Å². The minimum absolute atomic E-state index is 0.998. The van der Waals surface area contributed by atoms with Crippen molar-refractivity contribution in [3.05, 3.63) is 60.7 Å². The van der Waals surface area contributed by atoms with Crippen molar-refractivity contribution in [3.63, 3.8) is 0 Å². The molecule has 0 unspecified atom stereocenters. The Bertz CT molecular complexity index is 1160. The maximum atomic E-state index is 2.43. The van der Waals surface area contributed by atoms with Gasteiger partial charge < -0.3 is 4.57 Å². The van der Waals surface area contributed by atoms with Crippen molar-refractivity contribution in [2.45, 2.75) is 13.5 Å². The van der Waals surface area contributed by atoms with E-state index in [1.54, 1.807) is 0 Å². The van der Waals surface area contributed by atoms with Crippen LogP contribution in [0.1, 0.15) is 6.92 Å². The van der Waals surface area contributed by atoms with E-state index in [-0.39, 0.29) is 0 Å². The lowest BCUT2D eigenvalue weighted by Crippen LogP contribution is -1.92. The Labute approximate surface area is 132 Å². The molecule has 3 aromatic carbocycles. The van der Waals surface area contributed by atoms with Crippen LogP contribution in [0.15, 0.2) is 60.7 Å². The third-order valence-electron chi connectivity index (χ3n) is 4.59. The molecular weight excluding hydrogens is 286 g/mol. The van der Waals surface area contributed by atoms with Crippen LogP contribution in [0.2, 0.25) is 0 Å². The van der Waals surface area contributed by atoms with Gasteiger partial charge in [-0.05, 0) is 31.2 Å². The van der Waals surface area contributed by atoms with Crippen LogP contribution in [-0.2, 0) is 6.54 Å². The van der Waals surface area contributed by atoms with Gasteiger partial charge >= 0.3 is 0 Å². The van der Waals surface area contributed by atoms with E-state index in [2.05, 4.69) is 72.2 Å². The van der Waals surface area contributed by atoms with Crippen molar-refractivity contribution in [2.75, 3.05) is 0 Å². The van der Waals surface area contributed by atoms with E-state index < -0.39 is 0 Å². The molecule has 0 bridgehead atoms. The molecule has 1 nitrogen and oxygen atoms in total. The fourth-order valence-corrected chi connectivity index (χ4v) is 4.73. The summed E-state index contributed by atoms with van der Waals surface area (Å²) in [5.74, 6) is 0. The number of thiophene rings is 1. The Morgan fingerprint density at radius 1 is 0.727 bits per heavy atom. The van der Waals surface area contributed by atoms with Crippen LogP contribution in [0.4, 0.5) is 0 Å². The lowest BCUT2D eigenvalue weighted by atomic mass is 10.1. The number of benzene rings is 3. The average Bonchev–Trinajstić information content (AvgIpc) is 3.07. The van der Waals surface area contributed by atoms with Gasteiger partial charge in [0.25, 0.3) is 0 Å². The first-order valence-corrected chi connectivity index (χ1v) is 8.50. The molecule has 0 spiro atoms. The van der Waals surface area contributed by atoms with Gasteiger partial charge in [-0.1, -0.05) is 36.4 Å². The molecule has 0 saturated heterocycles. The summed E-state index contributed by atoms with van der Waals surface area (Å²) in [6, 6.07) is 22.2. The van der Waals surface area contributed by atoms with Crippen LogP contribution in [-0.4, -0.2) is 4.57 Å². The van der Waals surface area contributed by atoms with Crippen molar-refractivity contribution in [3.8, 4) is 0 Å². The van der Waals surface area contributed by atoms with E-state index in [1.807, 2.05) is 11.3 Å². The van der Waals surface area contributed by atoms with Gasteiger partial charge in [0.05, 0.1) is 0 Å². The van der Waals surface area contributed by atoms with E-state index in [0.717, 1.165) is 6.54 Å². The van der Waals surface area contributed by atoms with Crippen molar-refractivity contribution >= 4 is 53.3 Å². The third-order valence-corrected chi connectivity index (χ3v) is 5.72. The number of aryl methyl sites for hydroxylation is 1. The van der Waals surface area contributed by atoms with Gasteiger partial charge in [-0.2, -0.15) is 0 Å². The van der Waals surface area contributed by atoms with E-state index in [1.165, 1.54) is 42.0 Å². The molecule has 0 aliphatic carbocycles. The van der Waals surface area contributed by atoms with Gasteiger partial charge in [-0.3, -0.25) is 0 Å². The molecule has 106 valence electrons. The minimum atomic E-state index is 0.998. The van der Waals surface area contributed by atoms with Crippen molar-refractivity contribution in [1.29, 1.82) is 0 Å². The highest BCUT2D eigenvalue weighted by Crippen LogP contribution is 2.39. The van der Waals surface area contributed by atoms with Crippen LogP contribution < -0.4 is 0 Å². The van der Waals surface area contributed by atoms with Crippen molar-refractivity contribution in [1.82, 2.24) is 4.57 Å². The lowest BCUT2D eigenvalue weighted by molar-refractivity contribution is 0.827. The number of hydrogen-bond donors (Lipinski definition) is 0. The standard InChI is InChI=1S/C20H15NS/c1-2-21-17-9-5-3-7-13(17)15-12-20-16(11-18(15)21)14-8-4-6-10-19(14)22-20/h3-12H,2H2,1H3. The zero-order valence-electron chi connectivity index (χ0n) is 12.3. The van der Waals surface area contributed by atoms with Gasteiger partial charge in [0, 0.05) is 48.5 Å². The van der Waals surface area contributed by atoms with Crippen molar-refractivity contribution in [2.24, 2.45) is 0 Å². The molecule has 5 rings (SSSR count). The van der Waals surface area contributed by atoms with Gasteiger partial charge in [0.1, 0.15) is 0 Å². The fourth-order valence-electron chi connectivity index (χ4n) is 3.61. The average molecular weight is 301 g/mol. The summed E-state index contributed by atoms with van der Waals surface area (Å²) in [4.78, 5) is 0. The number of rotatable bonds is 1. The molecule has 0 radical (unpaired) electrons. The van der Waals surface area contributed by atoms with E-state index in [0.29, 0.717) is 0 Å². The third kappa shape index (κ3) is 1.48. The molecule has 2 heterocycles. The number of fused-ring (bicyclic) bond motifs is 6. The first-order valence-electron chi connectivity index (χ1n) is 7.69. The normalized spacial score (nSPS) is 12.0. The van der Waals surface area contributed by atoms with Crippen LogP contribution >= 0.6 is 11.3 Å². The molecule has 0 saturated carbocycles. The van der Waals surface area contributed by atoms with Crippen LogP contribution in [0.5, 0.6) is 0 Å². The topological polar surface area (TPSA) is 4.93 Å². The second-order valence-electron chi connectivity index (χ2n) is 5.73. The lowest BCUT2D eigenvalue weighted by Gasteiger charge is -2.02. The summed E-state index contributed by atoms with van der Waals surface area (Å²) in [6.45, 7) is 3.22. The van der Waals surface area contributed by atoms with E-state index in [9.17, 15) is 0 Å². The molecule has 0 N–H and O–H groups in total. The van der Waals surface area contributed by atoms with Crippen molar-refractivity contribution < 1.29 is 0 Å². The predicted octanol–water partition coefficient (Wildman–Crippen LogP) is 6.18. The summed E-state index contributed by atoms with van der Waals surface area (Å²) in [5, 5.41) is 5.48. The molecule has 0 aliphatic heterocycles. The Kier molecular flexibility index (Phi) is 2.42. The first-order chi connectivity index (χ1) is 10.9. The summed E-state index contributed by atoms with van der Waals surface area (Å²) in [5.41, 5.74) is 2.68. The summed E-state index contributed by atoms with van der Waals surface area (Å²) in [6.07, 6.45) is 0. The molecule has 2 heteroatoms. The SMILES string of the molecule is CCn1c2ccccc2c2cc3sc4ccccc4c3cc21. The van der Waals surface area contributed by atoms with Gasteiger partial charge in [-0.25, -0.2) is 0 Å². The first kappa shape index (κ1) is 12.2. The smallest absolute Gasteiger partial charge is 0.0498 e. The second-order valence-corrected chi connectivity index (χ2v) is 6.81. The quantitative estimate of drug-likeness (QED) is 0.348. The van der Waals surface area contributed by atoms with Crippen LogP contribution in [0.3, 0.4) is 0 Å². The highest BCUT2D eigenvalue weighted by Gasteiger charge is 2.12. The number of aromatic nitrogens is 1. The summed E-state index contributed by atoms with van der Waals surface area (Å²) >= 11 is 1.89. The molecule has 2 aromatic heterocycles. The zero-order valence-corrected chi connectivity index (χ0v) is 13.2. The predicted molar refractivity (Wildman–Crippen MR) is 98.0 cm³/mol. The Balaban J connectivity index is 2.06. The number of nitrogens with zero attached hydrogens (tertiary/aromatic N) is 1. The molecule has 22 heavy (non-hydrogen) atoms. The largest absolute Gasteiger partial charge is 0.341 e. The highest BCUT2D eigenvalue weighted by atomic mass is 32.1. The van der Waals surface area contributed by atoms with Gasteiger partial charge in [0.15, 0.2) is 0 Å². The second kappa shape index (κ2) is 4.34. The molecule has 5 aromatic rings. The highest BCUT2D eigenvalue weighted by molar-refractivity contribution is 7.25. The Hall–Kier alpha value is -2.32. The molecule has 0 fully saturated rings. The summed E-state index contributed by atoms with van der Waals surface area (Å²) in [7, 11) is 0. The number of para-hydroxylation sites is 1. The summed E-state index contributed by atoms with van der Waals surface area (Å²) < 4.78 is 5.18. The van der Waals surface area contributed by atoms with E-state index in [4.69, 9.17) is 0 Å². The molecular formula is C20H15NS. The van der Waals surface area contributed by atoms with Crippen LogP contribution in [0, 0.1) is 0 Å². The maximum absolute atomic E-state index is 2.43. The zero-order chi connectivity index (χ0) is 14.7.